The number of ketones is 1. The van der Waals surface area contributed by atoms with Gasteiger partial charge in [0.25, 0.3) is 0 Å². The molecule has 27 heavy (non-hydrogen) atoms. The summed E-state index contributed by atoms with van der Waals surface area (Å²) in [6, 6.07) is 8.39. The predicted octanol–water partition coefficient (Wildman–Crippen LogP) is 2.69. The summed E-state index contributed by atoms with van der Waals surface area (Å²) in [6.45, 7) is 0. The molecule has 1 atom stereocenters. The third-order valence-corrected chi connectivity index (χ3v) is 3.95. The minimum atomic E-state index is -1.04. The van der Waals surface area contributed by atoms with E-state index in [-0.39, 0.29) is 11.3 Å². The molecule has 0 aliphatic carbocycles. The maximum absolute atomic E-state index is 12.4. The van der Waals surface area contributed by atoms with Crippen molar-refractivity contribution in [3.63, 3.8) is 0 Å². The van der Waals surface area contributed by atoms with Crippen molar-refractivity contribution in [3.8, 4) is 17.2 Å². The molecule has 1 unspecified atom stereocenters. The lowest BCUT2D eigenvalue weighted by molar-refractivity contribution is -0.115. The summed E-state index contributed by atoms with van der Waals surface area (Å²) in [4.78, 5) is 23.2. The van der Waals surface area contributed by atoms with Crippen LogP contribution < -0.4 is 19.9 Å². The average Bonchev–Trinajstić information content (AvgIpc) is 2.70. The standard InChI is InChI=1S/C20H21NO6/c1-25-16-10-12(11-17(26-2)19(16)27-3)4-9-15(22)18(21)13-5-7-14(8-6-13)20(23)24/h4-11,18H,21H2,1-3H3,(H,23,24)/b9-4+. The molecule has 142 valence electrons. The van der Waals surface area contributed by atoms with Crippen molar-refractivity contribution in [3.05, 3.63) is 59.2 Å². The summed E-state index contributed by atoms with van der Waals surface area (Å²) in [5.74, 6) is 0.0317. The molecule has 3 N–H and O–H groups in total. The normalized spacial score (nSPS) is 11.9. The van der Waals surface area contributed by atoms with Crippen LogP contribution in [0.25, 0.3) is 6.08 Å². The van der Waals surface area contributed by atoms with E-state index in [1.165, 1.54) is 51.7 Å². The summed E-state index contributed by atoms with van der Waals surface area (Å²) >= 11 is 0. The maximum atomic E-state index is 12.4. The van der Waals surface area contributed by atoms with E-state index in [9.17, 15) is 9.59 Å². The Morgan fingerprint density at radius 2 is 1.56 bits per heavy atom. The first-order chi connectivity index (χ1) is 12.9. The quantitative estimate of drug-likeness (QED) is 0.687. The van der Waals surface area contributed by atoms with Gasteiger partial charge in [-0.1, -0.05) is 18.2 Å². The summed E-state index contributed by atoms with van der Waals surface area (Å²) in [6.07, 6.45) is 2.95. The number of aromatic carboxylic acids is 1. The van der Waals surface area contributed by atoms with Gasteiger partial charge in [0.1, 0.15) is 0 Å². The van der Waals surface area contributed by atoms with Gasteiger partial charge < -0.3 is 25.1 Å². The van der Waals surface area contributed by atoms with E-state index in [1.54, 1.807) is 18.2 Å². The zero-order valence-electron chi connectivity index (χ0n) is 15.3. The SMILES string of the molecule is COc1cc(/C=C/C(=O)C(N)c2ccc(C(=O)O)cc2)cc(OC)c1OC. The minimum absolute atomic E-state index is 0.131. The zero-order chi connectivity index (χ0) is 20.0. The van der Waals surface area contributed by atoms with Crippen LogP contribution in [-0.2, 0) is 4.79 Å². The second-order valence-electron chi connectivity index (χ2n) is 5.60. The summed E-state index contributed by atoms with van der Waals surface area (Å²) < 4.78 is 15.8. The van der Waals surface area contributed by atoms with E-state index in [1.807, 2.05) is 0 Å². The number of hydrogen-bond donors (Lipinski definition) is 2. The molecule has 2 rings (SSSR count). The van der Waals surface area contributed by atoms with E-state index >= 15 is 0 Å². The molecule has 0 saturated carbocycles. The number of carboxylic acid groups (broad SMARTS) is 1. The molecule has 0 aliphatic heterocycles. The van der Waals surface area contributed by atoms with Crippen LogP contribution in [0.2, 0.25) is 0 Å². The van der Waals surface area contributed by atoms with Crippen LogP contribution in [0.15, 0.2) is 42.5 Å². The number of methoxy groups -OCH3 is 3. The Labute approximate surface area is 157 Å². The maximum Gasteiger partial charge on any atom is 0.335 e. The van der Waals surface area contributed by atoms with Crippen LogP contribution in [0, 0.1) is 0 Å². The zero-order valence-corrected chi connectivity index (χ0v) is 15.3. The van der Waals surface area contributed by atoms with Crippen LogP contribution in [0.4, 0.5) is 0 Å². The van der Waals surface area contributed by atoms with Crippen LogP contribution in [0.3, 0.4) is 0 Å². The number of carboxylic acids is 1. The van der Waals surface area contributed by atoms with Gasteiger partial charge in [0.05, 0.1) is 32.9 Å². The van der Waals surface area contributed by atoms with Gasteiger partial charge in [-0.25, -0.2) is 4.79 Å². The molecule has 7 heteroatoms. The van der Waals surface area contributed by atoms with Crippen LogP contribution in [0.5, 0.6) is 17.2 Å². The van der Waals surface area contributed by atoms with E-state index < -0.39 is 12.0 Å². The van der Waals surface area contributed by atoms with Crippen LogP contribution >= 0.6 is 0 Å². The molecule has 2 aromatic rings. The van der Waals surface area contributed by atoms with Crippen molar-refractivity contribution < 1.29 is 28.9 Å². The van der Waals surface area contributed by atoms with Crippen molar-refractivity contribution in [1.29, 1.82) is 0 Å². The van der Waals surface area contributed by atoms with Crippen LogP contribution in [-0.4, -0.2) is 38.2 Å². The molecule has 0 saturated heterocycles. The molecule has 0 bridgehead atoms. The Morgan fingerprint density at radius 1 is 1.00 bits per heavy atom. The molecule has 0 fully saturated rings. The molecule has 0 aliphatic rings. The molecule has 0 aromatic heterocycles. The highest BCUT2D eigenvalue weighted by Crippen LogP contribution is 2.38. The topological polar surface area (TPSA) is 108 Å². The molecule has 0 heterocycles. The van der Waals surface area contributed by atoms with Gasteiger partial charge in [-0.15, -0.1) is 0 Å². The van der Waals surface area contributed by atoms with Crippen molar-refractivity contribution in [2.24, 2.45) is 5.73 Å². The summed E-state index contributed by atoms with van der Waals surface area (Å²) in [7, 11) is 4.52. The van der Waals surface area contributed by atoms with Crippen molar-refractivity contribution in [1.82, 2.24) is 0 Å². The van der Waals surface area contributed by atoms with Gasteiger partial charge in [0.2, 0.25) is 5.75 Å². The van der Waals surface area contributed by atoms with Gasteiger partial charge in [-0.3, -0.25) is 4.79 Å². The second-order valence-corrected chi connectivity index (χ2v) is 5.60. The minimum Gasteiger partial charge on any atom is -0.493 e. The molecule has 0 amide bonds. The highest BCUT2D eigenvalue weighted by molar-refractivity contribution is 5.98. The van der Waals surface area contributed by atoms with E-state index in [4.69, 9.17) is 25.1 Å². The molecule has 0 radical (unpaired) electrons. The summed E-state index contributed by atoms with van der Waals surface area (Å²) in [5, 5.41) is 8.92. The fraction of sp³-hybridized carbons (Fsp3) is 0.200. The van der Waals surface area contributed by atoms with Gasteiger partial charge >= 0.3 is 5.97 Å². The molecule has 0 spiro atoms. The van der Waals surface area contributed by atoms with E-state index in [2.05, 4.69) is 0 Å². The Hall–Kier alpha value is -3.32. The lowest BCUT2D eigenvalue weighted by Gasteiger charge is -2.13. The predicted molar refractivity (Wildman–Crippen MR) is 100 cm³/mol. The second kappa shape index (κ2) is 8.86. The monoisotopic (exact) mass is 371 g/mol. The Morgan fingerprint density at radius 3 is 2.00 bits per heavy atom. The number of nitrogens with two attached hydrogens (primary N) is 1. The molecular weight excluding hydrogens is 350 g/mol. The number of ether oxygens (including phenoxy) is 3. The van der Waals surface area contributed by atoms with Gasteiger partial charge in [0.15, 0.2) is 17.3 Å². The third kappa shape index (κ3) is 4.65. The molecule has 2 aromatic carbocycles. The molecule has 7 nitrogen and oxygen atoms in total. The van der Waals surface area contributed by atoms with Gasteiger partial charge in [0, 0.05) is 0 Å². The van der Waals surface area contributed by atoms with E-state index in [0.717, 1.165) is 0 Å². The molecular formula is C20H21NO6. The first-order valence-corrected chi connectivity index (χ1v) is 8.02. The lowest BCUT2D eigenvalue weighted by Crippen LogP contribution is -2.19. The van der Waals surface area contributed by atoms with Gasteiger partial charge in [-0.2, -0.15) is 0 Å². The smallest absolute Gasteiger partial charge is 0.335 e. The van der Waals surface area contributed by atoms with Crippen molar-refractivity contribution >= 4 is 17.8 Å². The Bertz CT molecular complexity index is 832. The first kappa shape index (κ1) is 20.0. The number of benzene rings is 2. The van der Waals surface area contributed by atoms with Crippen molar-refractivity contribution in [2.45, 2.75) is 6.04 Å². The van der Waals surface area contributed by atoms with Gasteiger partial charge in [-0.05, 0) is 41.5 Å². The third-order valence-electron chi connectivity index (χ3n) is 3.95. The number of carbonyl (C=O) groups excluding carboxylic acids is 1. The highest BCUT2D eigenvalue weighted by atomic mass is 16.5. The first-order valence-electron chi connectivity index (χ1n) is 8.02. The fourth-order valence-corrected chi connectivity index (χ4v) is 2.48. The average molecular weight is 371 g/mol. The van der Waals surface area contributed by atoms with Crippen molar-refractivity contribution in [2.75, 3.05) is 21.3 Å². The van der Waals surface area contributed by atoms with E-state index in [0.29, 0.717) is 28.4 Å². The number of hydrogen-bond acceptors (Lipinski definition) is 6. The lowest BCUT2D eigenvalue weighted by atomic mass is 10.0. The van der Waals surface area contributed by atoms with Crippen LogP contribution in [0.1, 0.15) is 27.5 Å². The Kier molecular flexibility index (Phi) is 6.56. The fourth-order valence-electron chi connectivity index (χ4n) is 2.48. The Balaban J connectivity index is 2.21. The highest BCUT2D eigenvalue weighted by Gasteiger charge is 2.15. The number of carbonyl (C=O) groups is 2. The summed E-state index contributed by atoms with van der Waals surface area (Å²) in [5.41, 5.74) is 7.30. The largest absolute Gasteiger partial charge is 0.493 e. The number of rotatable bonds is 8.